The molecule has 0 heterocycles. The average Bonchev–Trinajstić information content (AvgIpc) is 2.49. The van der Waals surface area contributed by atoms with Gasteiger partial charge in [0.1, 0.15) is 5.82 Å². The molecule has 0 saturated carbocycles. The molecule has 1 amide bonds. The van der Waals surface area contributed by atoms with E-state index in [1.54, 1.807) is 18.2 Å². The zero-order chi connectivity index (χ0) is 15.2. The molecule has 21 heavy (non-hydrogen) atoms. The Kier molecular flexibility index (Phi) is 5.09. The Bertz CT molecular complexity index is 607. The average molecular weight is 285 g/mol. The Morgan fingerprint density at radius 1 is 1.14 bits per heavy atom. The van der Waals surface area contributed by atoms with Crippen LogP contribution in [0, 0.1) is 5.82 Å². The Balaban J connectivity index is 1.97. The predicted octanol–water partition coefficient (Wildman–Crippen LogP) is 3.81. The maximum atomic E-state index is 13.5. The van der Waals surface area contributed by atoms with Crippen molar-refractivity contribution in [3.8, 4) is 0 Å². The van der Waals surface area contributed by atoms with Crippen molar-refractivity contribution in [2.24, 2.45) is 0 Å². The van der Waals surface area contributed by atoms with Crippen molar-refractivity contribution < 1.29 is 9.18 Å². The van der Waals surface area contributed by atoms with E-state index in [0.717, 1.165) is 12.0 Å². The lowest BCUT2D eigenvalue weighted by Gasteiger charge is -2.15. The van der Waals surface area contributed by atoms with Crippen molar-refractivity contribution in [2.45, 2.75) is 32.7 Å². The minimum atomic E-state index is -0.340. The Hall–Kier alpha value is -2.16. The lowest BCUT2D eigenvalue weighted by molar-refractivity contribution is -0.121. The highest BCUT2D eigenvalue weighted by molar-refractivity contribution is 5.79. The number of hydrogen-bond acceptors (Lipinski definition) is 1. The van der Waals surface area contributed by atoms with Gasteiger partial charge in [0.15, 0.2) is 0 Å². The van der Waals surface area contributed by atoms with Gasteiger partial charge in [-0.25, -0.2) is 4.39 Å². The zero-order valence-electron chi connectivity index (χ0n) is 12.4. The summed E-state index contributed by atoms with van der Waals surface area (Å²) < 4.78 is 13.5. The minimum absolute atomic E-state index is 0.0596. The summed E-state index contributed by atoms with van der Waals surface area (Å²) in [5, 5.41) is 2.90. The fraction of sp³-hybridized carbons (Fsp3) is 0.278. The maximum absolute atomic E-state index is 13.5. The lowest BCUT2D eigenvalue weighted by atomic mass is 10.0. The molecule has 0 bridgehead atoms. The first-order valence-electron chi connectivity index (χ1n) is 7.21. The van der Waals surface area contributed by atoms with Gasteiger partial charge < -0.3 is 5.32 Å². The summed E-state index contributed by atoms with van der Waals surface area (Å²) in [5.74, 6) is -0.514. The quantitative estimate of drug-likeness (QED) is 0.889. The van der Waals surface area contributed by atoms with Gasteiger partial charge in [-0.3, -0.25) is 4.79 Å². The maximum Gasteiger partial charge on any atom is 0.225 e. The van der Waals surface area contributed by atoms with Gasteiger partial charge in [-0.05, 0) is 36.1 Å². The summed E-state index contributed by atoms with van der Waals surface area (Å²) in [7, 11) is 0. The first-order chi connectivity index (χ1) is 10.1. The van der Waals surface area contributed by atoms with Gasteiger partial charge >= 0.3 is 0 Å². The number of rotatable bonds is 5. The van der Waals surface area contributed by atoms with Gasteiger partial charge in [-0.2, -0.15) is 0 Å². The molecule has 0 fully saturated rings. The molecule has 0 aromatic heterocycles. The van der Waals surface area contributed by atoms with Crippen LogP contribution in [0.3, 0.4) is 0 Å². The third kappa shape index (κ3) is 4.15. The van der Waals surface area contributed by atoms with E-state index < -0.39 is 0 Å². The Morgan fingerprint density at radius 2 is 1.81 bits per heavy atom. The summed E-state index contributed by atoms with van der Waals surface area (Å²) in [6.07, 6.45) is 1.05. The second-order valence-electron chi connectivity index (χ2n) is 5.15. The summed E-state index contributed by atoms with van der Waals surface area (Å²) >= 11 is 0. The second-order valence-corrected chi connectivity index (χ2v) is 5.15. The number of carbonyl (C=O) groups excluding carboxylic acids is 1. The first kappa shape index (κ1) is 15.2. The molecular weight excluding hydrogens is 265 g/mol. The SMILES string of the molecule is CCc1ccc([C@H](C)NC(=O)Cc2ccccc2F)cc1. The summed E-state index contributed by atoms with van der Waals surface area (Å²) in [6.45, 7) is 4.04. The molecule has 110 valence electrons. The van der Waals surface area contributed by atoms with Crippen LogP contribution in [0.4, 0.5) is 4.39 Å². The second kappa shape index (κ2) is 7.02. The van der Waals surface area contributed by atoms with Gasteiger partial charge in [0.2, 0.25) is 5.91 Å². The molecule has 2 aromatic rings. The summed E-state index contributed by atoms with van der Waals surface area (Å²) in [6, 6.07) is 14.4. The number of aryl methyl sites for hydroxylation is 1. The van der Waals surface area contributed by atoms with Crippen molar-refractivity contribution in [1.29, 1.82) is 0 Å². The molecule has 2 aromatic carbocycles. The number of amides is 1. The molecule has 0 aliphatic carbocycles. The van der Waals surface area contributed by atoms with E-state index >= 15 is 0 Å². The molecular formula is C18H20FNO. The van der Waals surface area contributed by atoms with Crippen LogP contribution in [0.1, 0.15) is 36.6 Å². The van der Waals surface area contributed by atoms with E-state index in [4.69, 9.17) is 0 Å². The fourth-order valence-corrected chi connectivity index (χ4v) is 2.23. The predicted molar refractivity (Wildman–Crippen MR) is 82.5 cm³/mol. The number of nitrogens with one attached hydrogen (secondary N) is 1. The van der Waals surface area contributed by atoms with Crippen LogP contribution in [0.25, 0.3) is 0 Å². The summed E-state index contributed by atoms with van der Waals surface area (Å²) in [5.41, 5.74) is 2.74. The highest BCUT2D eigenvalue weighted by atomic mass is 19.1. The highest BCUT2D eigenvalue weighted by Crippen LogP contribution is 2.14. The molecule has 1 N–H and O–H groups in total. The van der Waals surface area contributed by atoms with Crippen LogP contribution in [-0.2, 0) is 17.6 Å². The largest absolute Gasteiger partial charge is 0.349 e. The molecule has 0 unspecified atom stereocenters. The molecule has 2 rings (SSSR count). The van der Waals surface area contributed by atoms with Crippen molar-refractivity contribution in [3.63, 3.8) is 0 Å². The molecule has 2 nitrogen and oxygen atoms in total. The molecule has 0 radical (unpaired) electrons. The van der Waals surface area contributed by atoms with Crippen LogP contribution in [0.2, 0.25) is 0 Å². The van der Waals surface area contributed by atoms with Crippen molar-refractivity contribution in [3.05, 3.63) is 71.0 Å². The van der Waals surface area contributed by atoms with Crippen molar-refractivity contribution in [2.75, 3.05) is 0 Å². The van der Waals surface area contributed by atoms with Crippen molar-refractivity contribution in [1.82, 2.24) is 5.32 Å². The molecule has 0 spiro atoms. The number of benzene rings is 2. The Labute approximate surface area is 125 Å². The Morgan fingerprint density at radius 3 is 2.43 bits per heavy atom. The summed E-state index contributed by atoms with van der Waals surface area (Å²) in [4.78, 5) is 12.0. The van der Waals surface area contributed by atoms with Crippen LogP contribution in [0.15, 0.2) is 48.5 Å². The molecule has 0 aliphatic heterocycles. The van der Waals surface area contributed by atoms with Crippen LogP contribution in [-0.4, -0.2) is 5.91 Å². The highest BCUT2D eigenvalue weighted by Gasteiger charge is 2.12. The molecule has 3 heteroatoms. The number of hydrogen-bond donors (Lipinski definition) is 1. The molecule has 0 saturated heterocycles. The first-order valence-corrected chi connectivity index (χ1v) is 7.21. The monoisotopic (exact) mass is 285 g/mol. The van der Waals surface area contributed by atoms with E-state index in [9.17, 15) is 9.18 Å². The smallest absolute Gasteiger partial charge is 0.225 e. The van der Waals surface area contributed by atoms with Crippen LogP contribution < -0.4 is 5.32 Å². The van der Waals surface area contributed by atoms with Gasteiger partial charge in [0.25, 0.3) is 0 Å². The number of carbonyl (C=O) groups is 1. The fourth-order valence-electron chi connectivity index (χ4n) is 2.23. The van der Waals surface area contributed by atoms with Gasteiger partial charge in [0, 0.05) is 0 Å². The lowest BCUT2D eigenvalue weighted by Crippen LogP contribution is -2.28. The van der Waals surface area contributed by atoms with Gasteiger partial charge in [-0.15, -0.1) is 0 Å². The number of halogens is 1. The topological polar surface area (TPSA) is 29.1 Å². The molecule has 0 aliphatic rings. The third-order valence-electron chi connectivity index (χ3n) is 3.57. The zero-order valence-corrected chi connectivity index (χ0v) is 12.4. The third-order valence-corrected chi connectivity index (χ3v) is 3.57. The standard InChI is InChI=1S/C18H20FNO/c1-3-14-8-10-15(11-9-14)13(2)20-18(21)12-16-6-4-5-7-17(16)19/h4-11,13H,3,12H2,1-2H3,(H,20,21)/t13-/m0/s1. The van der Waals surface area contributed by atoms with Crippen molar-refractivity contribution >= 4 is 5.91 Å². The normalized spacial score (nSPS) is 12.0. The van der Waals surface area contributed by atoms with Gasteiger partial charge in [-0.1, -0.05) is 49.4 Å². The molecule has 1 atom stereocenters. The van der Waals surface area contributed by atoms with E-state index in [1.807, 2.05) is 19.1 Å². The van der Waals surface area contributed by atoms with E-state index in [1.165, 1.54) is 11.6 Å². The minimum Gasteiger partial charge on any atom is -0.349 e. The van der Waals surface area contributed by atoms with Gasteiger partial charge in [0.05, 0.1) is 12.5 Å². The van der Waals surface area contributed by atoms with Crippen LogP contribution in [0.5, 0.6) is 0 Å². The van der Waals surface area contributed by atoms with Crippen LogP contribution >= 0.6 is 0 Å². The van der Waals surface area contributed by atoms with E-state index in [0.29, 0.717) is 5.56 Å². The van der Waals surface area contributed by atoms with E-state index in [-0.39, 0.29) is 24.2 Å². The van der Waals surface area contributed by atoms with E-state index in [2.05, 4.69) is 24.4 Å².